The van der Waals surface area contributed by atoms with Crippen molar-refractivity contribution < 1.29 is 9.90 Å². The smallest absolute Gasteiger partial charge is 0.211 e. The molecular formula is C11H10N2O2. The molecule has 2 aromatic rings. The van der Waals surface area contributed by atoms with Gasteiger partial charge in [-0.1, -0.05) is 12.1 Å². The molecule has 0 aliphatic heterocycles. The molecule has 0 unspecified atom stereocenters. The van der Waals surface area contributed by atoms with Gasteiger partial charge >= 0.3 is 0 Å². The summed E-state index contributed by atoms with van der Waals surface area (Å²) in [5.74, 6) is 0.205. The van der Waals surface area contributed by atoms with Gasteiger partial charge in [-0.25, -0.2) is 0 Å². The number of nitrogens with one attached hydrogen (secondary N) is 2. The van der Waals surface area contributed by atoms with Crippen LogP contribution < -0.4 is 5.32 Å². The number of aromatic hydroxyl groups is 1. The molecule has 0 aliphatic carbocycles. The lowest BCUT2D eigenvalue weighted by Gasteiger charge is -1.97. The van der Waals surface area contributed by atoms with Gasteiger partial charge in [-0.15, -0.1) is 0 Å². The van der Waals surface area contributed by atoms with Crippen LogP contribution in [0.1, 0.15) is 5.56 Å². The fraction of sp³-hybridized carbons (Fsp3) is 0. The van der Waals surface area contributed by atoms with Crippen LogP contribution in [0.5, 0.6) is 5.75 Å². The third-order valence-corrected chi connectivity index (χ3v) is 2.14. The molecule has 4 heteroatoms. The van der Waals surface area contributed by atoms with Gasteiger partial charge in [0.1, 0.15) is 5.75 Å². The third kappa shape index (κ3) is 1.69. The molecule has 1 amide bonds. The van der Waals surface area contributed by atoms with Crippen molar-refractivity contribution in [3.05, 3.63) is 36.2 Å². The Morgan fingerprint density at radius 2 is 2.27 bits per heavy atom. The highest BCUT2D eigenvalue weighted by molar-refractivity contribution is 5.93. The summed E-state index contributed by atoms with van der Waals surface area (Å²) in [5.41, 5.74) is 1.71. The molecule has 15 heavy (non-hydrogen) atoms. The maximum absolute atomic E-state index is 10.1. The summed E-state index contributed by atoms with van der Waals surface area (Å²) in [6, 6.07) is 5.61. The molecule has 4 nitrogen and oxygen atoms in total. The number of hydrogen-bond acceptors (Lipinski definition) is 2. The average Bonchev–Trinajstić information content (AvgIpc) is 2.62. The van der Waals surface area contributed by atoms with Crippen LogP contribution in [0.3, 0.4) is 0 Å². The first kappa shape index (κ1) is 9.33. The van der Waals surface area contributed by atoms with Crippen LogP contribution in [0.25, 0.3) is 17.0 Å². The van der Waals surface area contributed by atoms with Crippen molar-refractivity contribution in [1.29, 1.82) is 0 Å². The monoisotopic (exact) mass is 202 g/mol. The van der Waals surface area contributed by atoms with Crippen molar-refractivity contribution in [3.63, 3.8) is 0 Å². The van der Waals surface area contributed by atoms with E-state index in [2.05, 4.69) is 10.3 Å². The van der Waals surface area contributed by atoms with Gasteiger partial charge in [0.15, 0.2) is 0 Å². The van der Waals surface area contributed by atoms with Crippen LogP contribution >= 0.6 is 0 Å². The summed E-state index contributed by atoms with van der Waals surface area (Å²) in [6.45, 7) is 0. The summed E-state index contributed by atoms with van der Waals surface area (Å²) in [5, 5.41) is 12.8. The van der Waals surface area contributed by atoms with Crippen LogP contribution in [-0.2, 0) is 4.79 Å². The number of H-pyrrole nitrogens is 1. The summed E-state index contributed by atoms with van der Waals surface area (Å²) >= 11 is 0. The first-order valence-electron chi connectivity index (χ1n) is 4.48. The first-order valence-corrected chi connectivity index (χ1v) is 4.48. The minimum atomic E-state index is 0.205. The Bertz CT molecular complexity index is 514. The Hall–Kier alpha value is -2.23. The Labute approximate surface area is 86.2 Å². The highest BCUT2D eigenvalue weighted by atomic mass is 16.3. The fourth-order valence-corrected chi connectivity index (χ4v) is 1.51. The molecule has 2 rings (SSSR count). The highest BCUT2D eigenvalue weighted by Crippen LogP contribution is 2.28. The molecule has 0 fully saturated rings. The van der Waals surface area contributed by atoms with Crippen LogP contribution in [0.4, 0.5) is 0 Å². The van der Waals surface area contributed by atoms with Gasteiger partial charge in [0, 0.05) is 23.3 Å². The Balaban J connectivity index is 2.50. The molecule has 1 aromatic heterocycles. The highest BCUT2D eigenvalue weighted by Gasteiger charge is 2.04. The Kier molecular flexibility index (Phi) is 2.41. The largest absolute Gasteiger partial charge is 0.506 e. The molecule has 0 spiro atoms. The molecule has 1 heterocycles. The van der Waals surface area contributed by atoms with Crippen LogP contribution in [-0.4, -0.2) is 16.5 Å². The first-order chi connectivity index (χ1) is 7.33. The van der Waals surface area contributed by atoms with Gasteiger partial charge < -0.3 is 15.4 Å². The predicted molar refractivity (Wildman–Crippen MR) is 58.2 cm³/mol. The zero-order valence-electron chi connectivity index (χ0n) is 7.90. The maximum Gasteiger partial charge on any atom is 0.211 e. The number of amides is 1. The van der Waals surface area contributed by atoms with Crippen LogP contribution in [0, 0.1) is 0 Å². The molecule has 0 atom stereocenters. The van der Waals surface area contributed by atoms with Crippen molar-refractivity contribution >= 4 is 23.4 Å². The molecule has 1 aromatic carbocycles. The predicted octanol–water partition coefficient (Wildman–Crippen LogP) is 1.59. The third-order valence-electron chi connectivity index (χ3n) is 2.14. The Morgan fingerprint density at radius 1 is 1.40 bits per heavy atom. The summed E-state index contributed by atoms with van der Waals surface area (Å²) in [7, 11) is 0. The second-order valence-electron chi connectivity index (χ2n) is 3.06. The van der Waals surface area contributed by atoms with Crippen molar-refractivity contribution in [3.8, 4) is 5.75 Å². The van der Waals surface area contributed by atoms with E-state index < -0.39 is 0 Å². The number of carbonyl (C=O) groups is 1. The number of carbonyl (C=O) groups excluding carboxylic acids is 1. The lowest BCUT2D eigenvalue weighted by Crippen LogP contribution is -1.97. The lowest BCUT2D eigenvalue weighted by atomic mass is 10.1. The number of rotatable bonds is 3. The van der Waals surface area contributed by atoms with Crippen LogP contribution in [0.15, 0.2) is 30.6 Å². The molecule has 3 N–H and O–H groups in total. The van der Waals surface area contributed by atoms with Gasteiger partial charge in [0.2, 0.25) is 6.41 Å². The lowest BCUT2D eigenvalue weighted by molar-refractivity contribution is -0.108. The van der Waals surface area contributed by atoms with Crippen LogP contribution in [0.2, 0.25) is 0 Å². The van der Waals surface area contributed by atoms with Gasteiger partial charge in [-0.05, 0) is 17.7 Å². The summed E-state index contributed by atoms with van der Waals surface area (Å²) in [6.07, 6.45) is 5.38. The molecule has 0 aliphatic rings. The van der Waals surface area contributed by atoms with Gasteiger partial charge in [-0.2, -0.15) is 0 Å². The normalized spacial score (nSPS) is 10.9. The van der Waals surface area contributed by atoms with E-state index in [-0.39, 0.29) is 5.75 Å². The molecule has 76 valence electrons. The fourth-order valence-electron chi connectivity index (χ4n) is 1.51. The van der Waals surface area contributed by atoms with Crippen molar-refractivity contribution in [2.75, 3.05) is 0 Å². The topological polar surface area (TPSA) is 65.1 Å². The molecule has 0 radical (unpaired) electrons. The molecule has 0 bridgehead atoms. The molecule has 0 saturated carbocycles. The molecular weight excluding hydrogens is 192 g/mol. The van der Waals surface area contributed by atoms with Crippen molar-refractivity contribution in [2.45, 2.75) is 0 Å². The Morgan fingerprint density at radius 3 is 3.07 bits per heavy atom. The maximum atomic E-state index is 10.1. The molecule has 0 saturated heterocycles. The number of aromatic nitrogens is 1. The summed E-state index contributed by atoms with van der Waals surface area (Å²) in [4.78, 5) is 13.0. The zero-order valence-corrected chi connectivity index (χ0v) is 7.90. The average molecular weight is 202 g/mol. The summed E-state index contributed by atoms with van der Waals surface area (Å²) < 4.78 is 0. The minimum absolute atomic E-state index is 0.205. The van der Waals surface area contributed by atoms with E-state index in [9.17, 15) is 9.90 Å². The van der Waals surface area contributed by atoms with Gasteiger partial charge in [-0.3, -0.25) is 4.79 Å². The SMILES string of the molecule is O=CN/C=C/c1cccc2[nH]cc(O)c12. The number of hydrogen-bond donors (Lipinski definition) is 3. The van der Waals surface area contributed by atoms with Gasteiger partial charge in [0.25, 0.3) is 0 Å². The number of benzene rings is 1. The van der Waals surface area contributed by atoms with E-state index in [0.29, 0.717) is 6.41 Å². The van der Waals surface area contributed by atoms with E-state index in [1.807, 2.05) is 18.2 Å². The van der Waals surface area contributed by atoms with Crippen molar-refractivity contribution in [2.24, 2.45) is 0 Å². The number of fused-ring (bicyclic) bond motifs is 1. The van der Waals surface area contributed by atoms with E-state index >= 15 is 0 Å². The minimum Gasteiger partial charge on any atom is -0.506 e. The standard InChI is InChI=1S/C11H10N2O2/c14-7-12-5-4-8-2-1-3-9-11(8)10(15)6-13-9/h1-7,13,15H,(H,12,14)/b5-4+. The van der Waals surface area contributed by atoms with E-state index in [1.165, 1.54) is 12.4 Å². The van der Waals surface area contributed by atoms with E-state index in [0.717, 1.165) is 16.5 Å². The quantitative estimate of drug-likeness (QED) is 0.662. The zero-order chi connectivity index (χ0) is 10.7. The number of aromatic amines is 1. The van der Waals surface area contributed by atoms with Gasteiger partial charge in [0.05, 0.1) is 0 Å². The second-order valence-corrected chi connectivity index (χ2v) is 3.06. The van der Waals surface area contributed by atoms with E-state index in [4.69, 9.17) is 0 Å². The van der Waals surface area contributed by atoms with Crippen molar-refractivity contribution in [1.82, 2.24) is 10.3 Å². The second kappa shape index (κ2) is 3.88. The van der Waals surface area contributed by atoms with E-state index in [1.54, 1.807) is 6.08 Å².